The quantitative estimate of drug-likeness (QED) is 0.684. The maximum atomic E-state index is 13.6. The monoisotopic (exact) mass is 381 g/mol. The summed E-state index contributed by atoms with van der Waals surface area (Å²) >= 11 is 0. The highest BCUT2D eigenvalue weighted by atomic mass is 16.2. The molecule has 1 fully saturated rings. The van der Waals surface area contributed by atoms with Crippen LogP contribution in [0.2, 0.25) is 0 Å². The fraction of sp³-hybridized carbons (Fsp3) is 0.125. The van der Waals surface area contributed by atoms with E-state index in [0.717, 1.165) is 16.7 Å². The third-order valence-electron chi connectivity index (χ3n) is 5.18. The van der Waals surface area contributed by atoms with Gasteiger partial charge in [0.15, 0.2) is 5.54 Å². The number of carbonyl (C=O) groups excluding carboxylic acids is 2. The standard InChI is InChI=1S/C24H19N3O2/c25-16-19-11-13-20(14-12-19)17-27-22(28)24(26-23(27)29,21-9-5-2-6-10-21)15-18-7-3-1-4-8-18/h1-14H,15,17H2,(H,26,29)/t24-/m1/s1. The van der Waals surface area contributed by atoms with Crippen molar-refractivity contribution < 1.29 is 9.59 Å². The van der Waals surface area contributed by atoms with Crippen molar-refractivity contribution >= 4 is 11.9 Å². The van der Waals surface area contributed by atoms with Crippen molar-refractivity contribution in [2.75, 3.05) is 0 Å². The Bertz CT molecular complexity index is 1070. The van der Waals surface area contributed by atoms with Crippen LogP contribution in [0.15, 0.2) is 84.9 Å². The van der Waals surface area contributed by atoms with Gasteiger partial charge in [-0.1, -0.05) is 72.8 Å². The number of hydrogen-bond donors (Lipinski definition) is 1. The number of hydrogen-bond acceptors (Lipinski definition) is 3. The molecule has 0 saturated carbocycles. The molecular formula is C24H19N3O2. The van der Waals surface area contributed by atoms with Crippen molar-refractivity contribution in [2.45, 2.75) is 18.5 Å². The maximum absolute atomic E-state index is 13.6. The van der Waals surface area contributed by atoms with Crippen molar-refractivity contribution in [3.05, 3.63) is 107 Å². The highest BCUT2D eigenvalue weighted by Crippen LogP contribution is 2.33. The van der Waals surface area contributed by atoms with Gasteiger partial charge in [-0.15, -0.1) is 0 Å². The minimum absolute atomic E-state index is 0.153. The van der Waals surface area contributed by atoms with Gasteiger partial charge in [0.05, 0.1) is 18.2 Å². The van der Waals surface area contributed by atoms with Crippen molar-refractivity contribution in [2.24, 2.45) is 0 Å². The minimum Gasteiger partial charge on any atom is -0.319 e. The van der Waals surface area contributed by atoms with Gasteiger partial charge in [-0.2, -0.15) is 5.26 Å². The van der Waals surface area contributed by atoms with Gasteiger partial charge in [-0.25, -0.2) is 4.79 Å². The third-order valence-corrected chi connectivity index (χ3v) is 5.18. The molecule has 0 radical (unpaired) electrons. The first-order chi connectivity index (χ1) is 14.1. The highest BCUT2D eigenvalue weighted by Gasteiger charge is 2.52. The van der Waals surface area contributed by atoms with Gasteiger partial charge in [-0.3, -0.25) is 9.69 Å². The Hall–Kier alpha value is -3.91. The van der Waals surface area contributed by atoms with Gasteiger partial charge in [-0.05, 0) is 28.8 Å². The number of nitrogens with zero attached hydrogens (tertiary/aromatic N) is 2. The van der Waals surface area contributed by atoms with Crippen LogP contribution < -0.4 is 5.32 Å². The summed E-state index contributed by atoms with van der Waals surface area (Å²) in [5, 5.41) is 11.9. The van der Waals surface area contributed by atoms with Crippen molar-refractivity contribution in [1.82, 2.24) is 10.2 Å². The topological polar surface area (TPSA) is 73.2 Å². The third kappa shape index (κ3) is 3.48. The lowest BCUT2D eigenvalue weighted by Crippen LogP contribution is -2.46. The van der Waals surface area contributed by atoms with Gasteiger partial charge in [0.1, 0.15) is 0 Å². The Morgan fingerprint density at radius 1 is 0.828 bits per heavy atom. The van der Waals surface area contributed by atoms with E-state index in [9.17, 15) is 9.59 Å². The van der Waals surface area contributed by atoms with E-state index < -0.39 is 11.6 Å². The lowest BCUT2D eigenvalue weighted by molar-refractivity contribution is -0.132. The normalized spacial score (nSPS) is 18.4. The summed E-state index contributed by atoms with van der Waals surface area (Å²) in [6, 6.07) is 27.6. The zero-order valence-corrected chi connectivity index (χ0v) is 15.7. The summed E-state index contributed by atoms with van der Waals surface area (Å²) in [7, 11) is 0. The molecule has 1 aliphatic rings. The van der Waals surface area contributed by atoms with Gasteiger partial charge >= 0.3 is 6.03 Å². The molecule has 3 amide bonds. The Morgan fingerprint density at radius 3 is 2.07 bits per heavy atom. The second kappa shape index (κ2) is 7.61. The molecule has 3 aromatic carbocycles. The van der Waals surface area contributed by atoms with E-state index >= 15 is 0 Å². The number of benzene rings is 3. The minimum atomic E-state index is -1.15. The first-order valence-corrected chi connectivity index (χ1v) is 9.35. The highest BCUT2D eigenvalue weighted by molar-refractivity contribution is 6.07. The second-order valence-corrected chi connectivity index (χ2v) is 7.06. The lowest BCUT2D eigenvalue weighted by atomic mass is 9.83. The molecule has 1 atom stereocenters. The number of rotatable bonds is 5. The smallest absolute Gasteiger partial charge is 0.319 e. The predicted octanol–water partition coefficient (Wildman–Crippen LogP) is 3.75. The van der Waals surface area contributed by atoms with Crippen molar-refractivity contribution in [1.29, 1.82) is 5.26 Å². The average molecular weight is 381 g/mol. The second-order valence-electron chi connectivity index (χ2n) is 7.06. The SMILES string of the molecule is N#Cc1ccc(CN2C(=O)N[C@](Cc3ccccc3)(c3ccccc3)C2=O)cc1. The summed E-state index contributed by atoms with van der Waals surface area (Å²) in [4.78, 5) is 27.6. The van der Waals surface area contributed by atoms with E-state index in [1.54, 1.807) is 24.3 Å². The van der Waals surface area contributed by atoms with E-state index in [4.69, 9.17) is 5.26 Å². The van der Waals surface area contributed by atoms with Gasteiger partial charge in [0, 0.05) is 6.42 Å². The molecule has 1 saturated heterocycles. The Morgan fingerprint density at radius 2 is 1.45 bits per heavy atom. The maximum Gasteiger partial charge on any atom is 0.325 e. The lowest BCUT2D eigenvalue weighted by Gasteiger charge is -2.27. The number of carbonyl (C=O) groups is 2. The van der Waals surface area contributed by atoms with Crippen LogP contribution in [0.3, 0.4) is 0 Å². The van der Waals surface area contributed by atoms with Crippen LogP contribution in [0.25, 0.3) is 0 Å². The molecule has 1 heterocycles. The zero-order valence-electron chi connectivity index (χ0n) is 15.7. The molecule has 142 valence electrons. The van der Waals surface area contributed by atoms with E-state index in [1.807, 2.05) is 60.7 Å². The van der Waals surface area contributed by atoms with Crippen LogP contribution in [0.5, 0.6) is 0 Å². The first-order valence-electron chi connectivity index (χ1n) is 9.35. The molecule has 5 nitrogen and oxygen atoms in total. The fourth-order valence-electron chi connectivity index (χ4n) is 3.68. The fourth-order valence-corrected chi connectivity index (χ4v) is 3.68. The summed E-state index contributed by atoms with van der Waals surface area (Å²) in [6.45, 7) is 0.153. The van der Waals surface area contributed by atoms with E-state index in [1.165, 1.54) is 4.90 Å². The molecule has 3 aromatic rings. The number of nitrogens with one attached hydrogen (secondary N) is 1. The molecule has 0 aliphatic carbocycles. The van der Waals surface area contributed by atoms with Gasteiger partial charge < -0.3 is 5.32 Å². The number of urea groups is 1. The van der Waals surface area contributed by atoms with Crippen LogP contribution in [0.4, 0.5) is 4.79 Å². The molecule has 0 unspecified atom stereocenters. The summed E-state index contributed by atoms with van der Waals surface area (Å²) in [5.74, 6) is -0.276. The molecule has 4 rings (SSSR count). The molecule has 0 spiro atoms. The summed E-state index contributed by atoms with van der Waals surface area (Å²) in [6.07, 6.45) is 0.367. The Kier molecular flexibility index (Phi) is 4.84. The molecule has 1 aliphatic heterocycles. The van der Waals surface area contributed by atoms with E-state index in [-0.39, 0.29) is 12.5 Å². The van der Waals surface area contributed by atoms with Crippen LogP contribution in [-0.2, 0) is 23.3 Å². The molecular weight excluding hydrogens is 362 g/mol. The Labute approximate surface area is 169 Å². The average Bonchev–Trinajstić information content (AvgIpc) is 3.00. The van der Waals surface area contributed by atoms with Crippen LogP contribution in [-0.4, -0.2) is 16.8 Å². The van der Waals surface area contributed by atoms with E-state index in [2.05, 4.69) is 11.4 Å². The number of imide groups is 1. The molecule has 5 heteroatoms. The summed E-state index contributed by atoms with van der Waals surface area (Å²) in [5.41, 5.74) is 1.89. The van der Waals surface area contributed by atoms with Crippen molar-refractivity contribution in [3.8, 4) is 6.07 Å². The van der Waals surface area contributed by atoms with Crippen LogP contribution >= 0.6 is 0 Å². The molecule has 29 heavy (non-hydrogen) atoms. The first kappa shape index (κ1) is 18.5. The molecule has 1 N–H and O–H groups in total. The van der Waals surface area contributed by atoms with Gasteiger partial charge in [0.25, 0.3) is 5.91 Å². The molecule has 0 bridgehead atoms. The molecule has 0 aromatic heterocycles. The zero-order chi connectivity index (χ0) is 20.3. The Balaban J connectivity index is 1.69. The van der Waals surface area contributed by atoms with Gasteiger partial charge in [0.2, 0.25) is 0 Å². The largest absolute Gasteiger partial charge is 0.325 e. The van der Waals surface area contributed by atoms with Crippen LogP contribution in [0, 0.1) is 11.3 Å². The number of amides is 3. The van der Waals surface area contributed by atoms with Crippen molar-refractivity contribution in [3.63, 3.8) is 0 Å². The predicted molar refractivity (Wildman–Crippen MR) is 109 cm³/mol. The van der Waals surface area contributed by atoms with E-state index in [0.29, 0.717) is 12.0 Å². The number of nitriles is 1. The van der Waals surface area contributed by atoms with Crippen LogP contribution in [0.1, 0.15) is 22.3 Å². The summed E-state index contributed by atoms with van der Waals surface area (Å²) < 4.78 is 0.